The van der Waals surface area contributed by atoms with Crippen molar-refractivity contribution in [3.63, 3.8) is 0 Å². The smallest absolute Gasteiger partial charge is 0.0760 e. The van der Waals surface area contributed by atoms with E-state index in [1.54, 1.807) is 0 Å². The van der Waals surface area contributed by atoms with Crippen molar-refractivity contribution in [1.82, 2.24) is 10.2 Å². The second-order valence-corrected chi connectivity index (χ2v) is 7.68. The topological polar surface area (TPSA) is 44.7 Å². The molecular weight excluding hydrogens is 252 g/mol. The van der Waals surface area contributed by atoms with Gasteiger partial charge in [0.25, 0.3) is 0 Å². The Morgan fingerprint density at radius 3 is 2.20 bits per heavy atom. The van der Waals surface area contributed by atoms with Gasteiger partial charge in [0.15, 0.2) is 0 Å². The molecule has 0 aromatic carbocycles. The lowest BCUT2D eigenvalue weighted by Gasteiger charge is -2.47. The van der Waals surface area contributed by atoms with Crippen LogP contribution in [0.5, 0.6) is 0 Å². The number of morpholine rings is 1. The first kappa shape index (κ1) is 17.9. The largest absolute Gasteiger partial charge is 0.394 e. The summed E-state index contributed by atoms with van der Waals surface area (Å²) in [4.78, 5) is 2.49. The Labute approximate surface area is 124 Å². The van der Waals surface area contributed by atoms with E-state index in [2.05, 4.69) is 51.8 Å². The van der Waals surface area contributed by atoms with Crippen molar-refractivity contribution >= 4 is 0 Å². The van der Waals surface area contributed by atoms with Crippen LogP contribution in [0.4, 0.5) is 0 Å². The summed E-state index contributed by atoms with van der Waals surface area (Å²) in [6.45, 7) is 17.0. The summed E-state index contributed by atoms with van der Waals surface area (Å²) in [5, 5.41) is 12.9. The Hall–Kier alpha value is -0.160. The van der Waals surface area contributed by atoms with E-state index in [0.29, 0.717) is 0 Å². The van der Waals surface area contributed by atoms with Crippen LogP contribution in [-0.2, 0) is 4.74 Å². The van der Waals surface area contributed by atoms with Gasteiger partial charge in [-0.2, -0.15) is 0 Å². The summed E-state index contributed by atoms with van der Waals surface area (Å²) in [5.74, 6) is 0. The summed E-state index contributed by atoms with van der Waals surface area (Å²) in [6.07, 6.45) is 2.09. The highest BCUT2D eigenvalue weighted by Gasteiger charge is 2.37. The Morgan fingerprint density at radius 2 is 1.75 bits per heavy atom. The fourth-order valence-corrected chi connectivity index (χ4v) is 3.45. The molecule has 1 atom stereocenters. The molecule has 0 spiro atoms. The fraction of sp³-hybridized carbons (Fsp3) is 1.00. The molecule has 120 valence electrons. The Balaban J connectivity index is 2.45. The zero-order valence-electron chi connectivity index (χ0n) is 14.3. The van der Waals surface area contributed by atoms with Crippen LogP contribution in [-0.4, -0.2) is 59.5 Å². The summed E-state index contributed by atoms with van der Waals surface area (Å²) in [7, 11) is 0. The molecule has 0 bridgehead atoms. The van der Waals surface area contributed by atoms with E-state index in [0.717, 1.165) is 39.0 Å². The van der Waals surface area contributed by atoms with Crippen molar-refractivity contribution in [2.45, 2.75) is 71.1 Å². The van der Waals surface area contributed by atoms with Gasteiger partial charge >= 0.3 is 0 Å². The number of aliphatic hydroxyl groups excluding tert-OH is 1. The molecule has 1 aliphatic rings. The van der Waals surface area contributed by atoms with Gasteiger partial charge in [0.1, 0.15) is 0 Å². The minimum atomic E-state index is -0.147. The van der Waals surface area contributed by atoms with E-state index in [1.807, 2.05) is 0 Å². The number of nitrogens with one attached hydrogen (secondary N) is 1. The predicted octanol–water partition coefficient (Wildman–Crippen LogP) is 2.02. The molecule has 4 nitrogen and oxygen atoms in total. The van der Waals surface area contributed by atoms with Gasteiger partial charge in [0.05, 0.1) is 17.8 Å². The quantitative estimate of drug-likeness (QED) is 0.751. The normalized spacial score (nSPS) is 25.4. The van der Waals surface area contributed by atoms with Gasteiger partial charge in [-0.15, -0.1) is 0 Å². The lowest BCUT2D eigenvalue weighted by molar-refractivity contribution is -0.180. The maximum atomic E-state index is 9.52. The third kappa shape index (κ3) is 5.68. The van der Waals surface area contributed by atoms with Crippen LogP contribution in [0.25, 0.3) is 0 Å². The monoisotopic (exact) mass is 286 g/mol. The lowest BCUT2D eigenvalue weighted by Crippen LogP contribution is -2.57. The van der Waals surface area contributed by atoms with E-state index in [4.69, 9.17) is 4.74 Å². The van der Waals surface area contributed by atoms with Crippen LogP contribution in [0.15, 0.2) is 0 Å². The molecule has 1 saturated heterocycles. The number of hydrogen-bond donors (Lipinski definition) is 2. The molecule has 2 N–H and O–H groups in total. The Bertz CT molecular complexity index is 289. The van der Waals surface area contributed by atoms with Gasteiger partial charge in [0.2, 0.25) is 0 Å². The molecule has 1 fully saturated rings. The molecule has 1 rings (SSSR count). The minimum Gasteiger partial charge on any atom is -0.394 e. The standard InChI is InChI=1S/C16H34N2O2/c1-7-17-16(6,13-19)9-8-10-18-11-14(2,3)20-15(4,5)12-18/h17,19H,7-13H2,1-6H3. The molecular formula is C16H34N2O2. The van der Waals surface area contributed by atoms with Crippen molar-refractivity contribution in [1.29, 1.82) is 0 Å². The summed E-state index contributed by atoms with van der Waals surface area (Å²) >= 11 is 0. The average Bonchev–Trinajstić information content (AvgIpc) is 2.25. The maximum absolute atomic E-state index is 9.52. The van der Waals surface area contributed by atoms with Crippen LogP contribution in [0, 0.1) is 0 Å². The zero-order valence-corrected chi connectivity index (χ0v) is 14.3. The van der Waals surface area contributed by atoms with Crippen LogP contribution >= 0.6 is 0 Å². The number of aliphatic hydroxyl groups is 1. The van der Waals surface area contributed by atoms with Crippen LogP contribution in [0.3, 0.4) is 0 Å². The van der Waals surface area contributed by atoms with E-state index in [9.17, 15) is 5.11 Å². The molecule has 1 heterocycles. The third-order valence-electron chi connectivity index (χ3n) is 3.92. The van der Waals surface area contributed by atoms with Crippen LogP contribution in [0.1, 0.15) is 54.4 Å². The van der Waals surface area contributed by atoms with Crippen LogP contribution < -0.4 is 5.32 Å². The van der Waals surface area contributed by atoms with E-state index in [1.165, 1.54) is 0 Å². The Kier molecular flexibility index (Phi) is 6.02. The van der Waals surface area contributed by atoms with Gasteiger partial charge in [-0.1, -0.05) is 6.92 Å². The van der Waals surface area contributed by atoms with E-state index in [-0.39, 0.29) is 23.3 Å². The molecule has 1 aliphatic heterocycles. The van der Waals surface area contributed by atoms with E-state index < -0.39 is 0 Å². The van der Waals surface area contributed by atoms with Gasteiger partial charge in [-0.3, -0.25) is 4.90 Å². The summed E-state index contributed by atoms with van der Waals surface area (Å²) in [6, 6.07) is 0. The van der Waals surface area contributed by atoms with Crippen LogP contribution in [0.2, 0.25) is 0 Å². The van der Waals surface area contributed by atoms with Crippen molar-refractivity contribution in [3.8, 4) is 0 Å². The molecule has 0 radical (unpaired) electrons. The first-order valence-corrected chi connectivity index (χ1v) is 7.90. The molecule has 4 heteroatoms. The minimum absolute atomic E-state index is 0.0797. The average molecular weight is 286 g/mol. The maximum Gasteiger partial charge on any atom is 0.0760 e. The van der Waals surface area contributed by atoms with Crippen molar-refractivity contribution in [3.05, 3.63) is 0 Å². The highest BCUT2D eigenvalue weighted by Crippen LogP contribution is 2.28. The number of ether oxygens (including phenoxy) is 1. The fourth-order valence-electron chi connectivity index (χ4n) is 3.45. The lowest BCUT2D eigenvalue weighted by atomic mass is 9.95. The first-order chi connectivity index (χ1) is 9.11. The second-order valence-electron chi connectivity index (χ2n) is 7.68. The van der Waals surface area contributed by atoms with Crippen molar-refractivity contribution in [2.75, 3.05) is 32.8 Å². The number of rotatable bonds is 7. The van der Waals surface area contributed by atoms with Gasteiger partial charge in [-0.05, 0) is 60.5 Å². The second kappa shape index (κ2) is 6.73. The zero-order chi connectivity index (χ0) is 15.4. The number of hydrogen-bond acceptors (Lipinski definition) is 4. The molecule has 0 amide bonds. The van der Waals surface area contributed by atoms with Crippen molar-refractivity contribution < 1.29 is 9.84 Å². The predicted molar refractivity (Wildman–Crippen MR) is 84.1 cm³/mol. The third-order valence-corrected chi connectivity index (χ3v) is 3.92. The summed E-state index contributed by atoms with van der Waals surface area (Å²) < 4.78 is 6.10. The highest BCUT2D eigenvalue weighted by atomic mass is 16.5. The molecule has 20 heavy (non-hydrogen) atoms. The SMILES string of the molecule is CCNC(C)(CO)CCCN1CC(C)(C)OC(C)(C)C1. The van der Waals surface area contributed by atoms with Gasteiger partial charge in [-0.25, -0.2) is 0 Å². The number of likely N-dealkylation sites (N-methyl/N-ethyl adjacent to an activating group) is 1. The van der Waals surface area contributed by atoms with Gasteiger partial charge in [0, 0.05) is 18.6 Å². The summed E-state index contributed by atoms with van der Waals surface area (Å²) in [5.41, 5.74) is -0.306. The molecule has 0 aromatic heterocycles. The first-order valence-electron chi connectivity index (χ1n) is 7.90. The van der Waals surface area contributed by atoms with Crippen molar-refractivity contribution in [2.24, 2.45) is 0 Å². The highest BCUT2D eigenvalue weighted by molar-refractivity contribution is 4.89. The Morgan fingerprint density at radius 1 is 1.20 bits per heavy atom. The molecule has 0 saturated carbocycles. The molecule has 1 unspecified atom stereocenters. The van der Waals surface area contributed by atoms with E-state index >= 15 is 0 Å². The van der Waals surface area contributed by atoms with Gasteiger partial charge < -0.3 is 15.2 Å². The number of nitrogens with zero attached hydrogens (tertiary/aromatic N) is 1. The molecule has 0 aromatic rings. The molecule has 0 aliphatic carbocycles.